The van der Waals surface area contributed by atoms with Gasteiger partial charge in [0, 0.05) is 23.9 Å². The maximum absolute atomic E-state index is 11.2. The lowest BCUT2D eigenvalue weighted by molar-refractivity contribution is -0.295. The van der Waals surface area contributed by atoms with Crippen molar-refractivity contribution in [3.05, 3.63) is 0 Å². The summed E-state index contributed by atoms with van der Waals surface area (Å²) in [6.07, 6.45) is 7.30. The molecule has 0 aromatic rings. The van der Waals surface area contributed by atoms with Crippen molar-refractivity contribution in [3.63, 3.8) is 0 Å². The summed E-state index contributed by atoms with van der Waals surface area (Å²) >= 11 is 0. The lowest BCUT2D eigenvalue weighted by atomic mass is 9.80. The number of nitrogens with zero attached hydrogens (tertiary/aromatic N) is 1. The molecule has 0 aromatic heterocycles. The fraction of sp³-hybridized carbons (Fsp3) is 0.944. The molecule has 6 heteroatoms. The highest BCUT2D eigenvalue weighted by Gasteiger charge is 2.48. The van der Waals surface area contributed by atoms with Crippen LogP contribution in [0.2, 0.25) is 0 Å². The lowest BCUT2D eigenvalue weighted by Crippen LogP contribution is -2.62. The zero-order valence-corrected chi connectivity index (χ0v) is 16.0. The van der Waals surface area contributed by atoms with Crippen LogP contribution in [0, 0.1) is 0 Å². The van der Waals surface area contributed by atoms with Crippen molar-refractivity contribution in [1.29, 1.82) is 0 Å². The highest BCUT2D eigenvalue weighted by molar-refractivity contribution is 5.59. The first-order valence-corrected chi connectivity index (χ1v) is 9.18. The van der Waals surface area contributed by atoms with Gasteiger partial charge in [-0.25, -0.2) is 4.79 Å². The molecule has 0 aromatic carbocycles. The third kappa shape index (κ3) is 6.57. The highest BCUT2D eigenvalue weighted by Crippen LogP contribution is 2.39. The van der Waals surface area contributed by atoms with Gasteiger partial charge in [-0.05, 0) is 34.1 Å². The van der Waals surface area contributed by atoms with Crippen LogP contribution in [-0.2, 0) is 14.5 Å². The van der Waals surface area contributed by atoms with E-state index in [1.54, 1.807) is 0 Å². The summed E-state index contributed by atoms with van der Waals surface area (Å²) in [4.78, 5) is 20.9. The number of ether oxygens (including phenoxy) is 1. The van der Waals surface area contributed by atoms with Gasteiger partial charge in [0.25, 0.3) is 0 Å². The van der Waals surface area contributed by atoms with E-state index in [0.717, 1.165) is 6.42 Å². The fourth-order valence-electron chi connectivity index (χ4n) is 3.80. The minimum Gasteiger partial charge on any atom is -0.429 e. The predicted octanol–water partition coefficient (Wildman–Crippen LogP) is 4.93. The van der Waals surface area contributed by atoms with E-state index in [4.69, 9.17) is 14.8 Å². The smallest absolute Gasteiger partial charge is 0.429 e. The molecule has 1 heterocycles. The zero-order valence-electron chi connectivity index (χ0n) is 16.0. The van der Waals surface area contributed by atoms with Crippen molar-refractivity contribution < 1.29 is 24.5 Å². The van der Waals surface area contributed by atoms with E-state index >= 15 is 0 Å². The summed E-state index contributed by atoms with van der Waals surface area (Å²) in [5.41, 5.74) is -0.547. The average molecular weight is 345 g/mol. The maximum Gasteiger partial charge on any atom is 0.540 e. The largest absolute Gasteiger partial charge is 0.540 e. The number of hydrogen-bond acceptors (Lipinski definition) is 6. The van der Waals surface area contributed by atoms with E-state index in [9.17, 15) is 4.79 Å². The first-order chi connectivity index (χ1) is 11.2. The van der Waals surface area contributed by atoms with Crippen LogP contribution in [0.1, 0.15) is 86.0 Å². The summed E-state index contributed by atoms with van der Waals surface area (Å²) in [6.45, 7) is 11.3. The van der Waals surface area contributed by atoms with Gasteiger partial charge in [-0.1, -0.05) is 39.0 Å². The Balaban J connectivity index is 2.48. The van der Waals surface area contributed by atoms with Crippen LogP contribution in [0.4, 0.5) is 4.79 Å². The SMILES string of the molecule is CCCCCCCCON1C(C)(C)CC(OC(=O)OO)CC1(C)C. The zero-order chi connectivity index (χ0) is 18.2. The van der Waals surface area contributed by atoms with Gasteiger partial charge in [0.1, 0.15) is 6.10 Å². The average Bonchev–Trinajstić information content (AvgIpc) is 2.47. The molecule has 6 nitrogen and oxygen atoms in total. The molecular weight excluding hydrogens is 310 g/mol. The topological polar surface area (TPSA) is 68.2 Å². The Morgan fingerprint density at radius 3 is 2.12 bits per heavy atom. The van der Waals surface area contributed by atoms with Crippen molar-refractivity contribution in [2.24, 2.45) is 0 Å². The maximum atomic E-state index is 11.2. The molecular formula is C18H35NO5. The summed E-state index contributed by atoms with van der Waals surface area (Å²) in [5, 5.41) is 10.4. The van der Waals surface area contributed by atoms with E-state index in [2.05, 4.69) is 44.6 Å². The molecule has 0 atom stereocenters. The Morgan fingerprint density at radius 2 is 1.58 bits per heavy atom. The van der Waals surface area contributed by atoms with Crippen LogP contribution >= 0.6 is 0 Å². The van der Waals surface area contributed by atoms with E-state index in [-0.39, 0.29) is 17.2 Å². The molecule has 0 aliphatic carbocycles. The van der Waals surface area contributed by atoms with Crippen LogP contribution in [0.3, 0.4) is 0 Å². The summed E-state index contributed by atoms with van der Waals surface area (Å²) in [7, 11) is 0. The van der Waals surface area contributed by atoms with E-state index < -0.39 is 6.16 Å². The number of carbonyl (C=O) groups excluding carboxylic acids is 1. The van der Waals surface area contributed by atoms with Crippen molar-refractivity contribution >= 4 is 6.16 Å². The van der Waals surface area contributed by atoms with Crippen LogP contribution < -0.4 is 0 Å². The van der Waals surface area contributed by atoms with Gasteiger partial charge < -0.3 is 4.74 Å². The van der Waals surface area contributed by atoms with Crippen LogP contribution in [0.5, 0.6) is 0 Å². The molecule has 24 heavy (non-hydrogen) atoms. The number of carbonyl (C=O) groups is 1. The molecule has 1 rings (SSSR count). The second kappa shape index (κ2) is 9.59. The second-order valence-corrected chi connectivity index (χ2v) is 8.01. The van der Waals surface area contributed by atoms with Crippen LogP contribution in [-0.4, -0.2) is 40.3 Å². The molecule has 0 spiro atoms. The molecule has 1 aliphatic heterocycles. The van der Waals surface area contributed by atoms with Gasteiger partial charge in [0.2, 0.25) is 0 Å². The Bertz CT molecular complexity index is 366. The molecule has 0 radical (unpaired) electrons. The normalized spacial score (nSPS) is 20.8. The molecule has 1 fully saturated rings. The van der Waals surface area contributed by atoms with Crippen molar-refractivity contribution in [3.8, 4) is 0 Å². The van der Waals surface area contributed by atoms with E-state index in [0.29, 0.717) is 19.4 Å². The van der Waals surface area contributed by atoms with Crippen LogP contribution in [0.15, 0.2) is 0 Å². The monoisotopic (exact) mass is 345 g/mol. The third-order valence-corrected chi connectivity index (χ3v) is 4.61. The summed E-state index contributed by atoms with van der Waals surface area (Å²) < 4.78 is 5.15. The molecule has 1 N–H and O–H groups in total. The lowest BCUT2D eigenvalue weighted by Gasteiger charge is -2.53. The minimum absolute atomic E-state index is 0.273. The standard InChI is InChI=1S/C18H35NO5/c1-6-7-8-9-10-11-12-22-19-17(2,3)13-15(14-18(19,4)5)23-16(20)24-21/h15,21H,6-14H2,1-5H3. The molecule has 0 bridgehead atoms. The second-order valence-electron chi connectivity index (χ2n) is 8.01. The van der Waals surface area contributed by atoms with Gasteiger partial charge in [-0.15, -0.1) is 0 Å². The minimum atomic E-state index is -1.05. The summed E-state index contributed by atoms with van der Waals surface area (Å²) in [5.74, 6) is 0. The fourth-order valence-corrected chi connectivity index (χ4v) is 3.80. The number of piperidine rings is 1. The van der Waals surface area contributed by atoms with Gasteiger partial charge >= 0.3 is 6.16 Å². The van der Waals surface area contributed by atoms with E-state index in [1.165, 1.54) is 32.1 Å². The first kappa shape index (κ1) is 21.2. The van der Waals surface area contributed by atoms with Gasteiger partial charge in [0.15, 0.2) is 0 Å². The third-order valence-electron chi connectivity index (χ3n) is 4.61. The molecule has 0 saturated carbocycles. The van der Waals surface area contributed by atoms with Gasteiger partial charge in [-0.3, -0.25) is 9.73 Å². The van der Waals surface area contributed by atoms with Gasteiger partial charge in [-0.2, -0.15) is 10.3 Å². The predicted molar refractivity (Wildman–Crippen MR) is 92.5 cm³/mol. The van der Waals surface area contributed by atoms with Crippen molar-refractivity contribution in [2.75, 3.05) is 6.61 Å². The summed E-state index contributed by atoms with van der Waals surface area (Å²) in [6, 6.07) is 0. The Hall–Kier alpha value is -0.850. The Morgan fingerprint density at radius 1 is 1.04 bits per heavy atom. The molecule has 0 amide bonds. The van der Waals surface area contributed by atoms with E-state index in [1.807, 2.05) is 0 Å². The Labute approximate surface area is 146 Å². The number of rotatable bonds is 9. The molecule has 1 aliphatic rings. The number of unbranched alkanes of at least 4 members (excludes halogenated alkanes) is 5. The number of hydroxylamine groups is 2. The van der Waals surface area contributed by atoms with Gasteiger partial charge in [0.05, 0.1) is 6.61 Å². The molecule has 142 valence electrons. The highest BCUT2D eigenvalue weighted by atomic mass is 17.1. The Kier molecular flexibility index (Phi) is 8.46. The van der Waals surface area contributed by atoms with Crippen LogP contribution in [0.25, 0.3) is 0 Å². The quantitative estimate of drug-likeness (QED) is 0.277. The number of hydrogen-bond donors (Lipinski definition) is 1. The first-order valence-electron chi connectivity index (χ1n) is 9.18. The molecule has 1 saturated heterocycles. The van der Waals surface area contributed by atoms with Crippen molar-refractivity contribution in [2.45, 2.75) is 103 Å². The molecule has 0 unspecified atom stereocenters. The van der Waals surface area contributed by atoms with Crippen molar-refractivity contribution in [1.82, 2.24) is 5.06 Å².